The highest BCUT2D eigenvalue weighted by Crippen LogP contribution is 2.37. The number of hydrogen-bond donors (Lipinski definition) is 2. The van der Waals surface area contributed by atoms with Crippen molar-refractivity contribution in [2.24, 2.45) is 11.7 Å². The predicted molar refractivity (Wildman–Crippen MR) is 98.8 cm³/mol. The Balaban J connectivity index is 1.72. The molecular formula is C19H25N3OS. The van der Waals surface area contributed by atoms with Gasteiger partial charge in [0.25, 0.3) is 0 Å². The van der Waals surface area contributed by atoms with Gasteiger partial charge in [-0.15, -0.1) is 11.3 Å². The number of carbonyl (C=O) groups excluding carboxylic acids is 1. The number of carbonyl (C=O) groups is 1. The van der Waals surface area contributed by atoms with Crippen LogP contribution in [-0.2, 0) is 4.79 Å². The van der Waals surface area contributed by atoms with Crippen LogP contribution in [0.25, 0.3) is 0 Å². The van der Waals surface area contributed by atoms with Crippen molar-refractivity contribution in [3.05, 3.63) is 58.3 Å². The first-order chi connectivity index (χ1) is 11.7. The van der Waals surface area contributed by atoms with Gasteiger partial charge in [-0.25, -0.2) is 0 Å². The van der Waals surface area contributed by atoms with Gasteiger partial charge in [0.2, 0.25) is 5.91 Å². The fourth-order valence-electron chi connectivity index (χ4n) is 3.68. The number of rotatable bonds is 6. The average molecular weight is 343 g/mol. The Morgan fingerprint density at radius 3 is 2.79 bits per heavy atom. The molecule has 0 radical (unpaired) electrons. The van der Waals surface area contributed by atoms with E-state index in [2.05, 4.69) is 34.8 Å². The summed E-state index contributed by atoms with van der Waals surface area (Å²) in [6, 6.07) is 14.0. The highest BCUT2D eigenvalue weighted by molar-refractivity contribution is 7.10. The molecule has 5 heteroatoms. The van der Waals surface area contributed by atoms with Crippen LogP contribution in [0.2, 0.25) is 0 Å². The zero-order valence-corrected chi connectivity index (χ0v) is 14.8. The number of benzene rings is 1. The summed E-state index contributed by atoms with van der Waals surface area (Å²) in [6.45, 7) is 1.91. The fraction of sp³-hybridized carbons (Fsp3) is 0.421. The van der Waals surface area contributed by atoms with Crippen LogP contribution in [-0.4, -0.2) is 30.9 Å². The maximum absolute atomic E-state index is 11.9. The van der Waals surface area contributed by atoms with E-state index < -0.39 is 6.04 Å². The largest absolute Gasteiger partial charge is 0.368 e. The third kappa shape index (κ3) is 3.86. The lowest BCUT2D eigenvalue weighted by Crippen LogP contribution is -2.43. The summed E-state index contributed by atoms with van der Waals surface area (Å²) in [5, 5.41) is 5.56. The van der Waals surface area contributed by atoms with Crippen LogP contribution in [0.5, 0.6) is 0 Å². The fourth-order valence-corrected chi connectivity index (χ4v) is 4.66. The number of hydrogen-bond acceptors (Lipinski definition) is 4. The first kappa shape index (κ1) is 17.1. The van der Waals surface area contributed by atoms with E-state index in [1.807, 2.05) is 41.7 Å². The van der Waals surface area contributed by atoms with Crippen LogP contribution in [0.4, 0.5) is 0 Å². The minimum absolute atomic E-state index is 0.321. The first-order valence-electron chi connectivity index (χ1n) is 8.48. The van der Waals surface area contributed by atoms with Gasteiger partial charge in [-0.05, 0) is 49.4 Å². The van der Waals surface area contributed by atoms with Crippen LogP contribution in [0.15, 0.2) is 47.8 Å². The summed E-state index contributed by atoms with van der Waals surface area (Å²) in [7, 11) is 2.19. The average Bonchev–Trinajstić information content (AvgIpc) is 3.10. The van der Waals surface area contributed by atoms with Gasteiger partial charge >= 0.3 is 0 Å². The van der Waals surface area contributed by atoms with E-state index in [0.29, 0.717) is 12.0 Å². The Morgan fingerprint density at radius 1 is 1.33 bits per heavy atom. The molecule has 1 saturated heterocycles. The van der Waals surface area contributed by atoms with Crippen molar-refractivity contribution in [2.75, 3.05) is 20.1 Å². The zero-order valence-electron chi connectivity index (χ0n) is 14.0. The Labute approximate surface area is 147 Å². The standard InChI is InChI=1S/C19H25N3OS/c1-22-11-5-9-15(18(22)16-10-6-12-24-16)13-21-17(19(20)23)14-7-3-2-4-8-14/h2-4,6-8,10,12,15,17-18,21H,5,9,11,13H2,1H3,(H2,20,23)/t15-,17+,18-/m1/s1. The molecule has 1 aromatic heterocycles. The molecule has 24 heavy (non-hydrogen) atoms. The molecule has 3 rings (SSSR count). The van der Waals surface area contributed by atoms with E-state index in [1.165, 1.54) is 17.7 Å². The number of thiophene rings is 1. The predicted octanol–water partition coefficient (Wildman–Crippen LogP) is 2.95. The van der Waals surface area contributed by atoms with Crippen molar-refractivity contribution in [1.29, 1.82) is 0 Å². The Bertz CT molecular complexity index is 644. The summed E-state index contributed by atoms with van der Waals surface area (Å²) >= 11 is 1.81. The van der Waals surface area contributed by atoms with Crippen LogP contribution in [0.1, 0.15) is 35.4 Å². The number of likely N-dealkylation sites (tertiary alicyclic amines) is 1. The van der Waals surface area contributed by atoms with Crippen LogP contribution < -0.4 is 11.1 Å². The van der Waals surface area contributed by atoms with Crippen LogP contribution in [0, 0.1) is 5.92 Å². The number of piperidine rings is 1. The number of amides is 1. The third-order valence-corrected chi connectivity index (χ3v) is 5.79. The molecule has 1 aliphatic rings. The van der Waals surface area contributed by atoms with E-state index in [0.717, 1.165) is 18.7 Å². The molecule has 3 atom stereocenters. The second-order valence-electron chi connectivity index (χ2n) is 6.50. The van der Waals surface area contributed by atoms with Crippen molar-refractivity contribution in [2.45, 2.75) is 24.9 Å². The molecule has 128 valence electrons. The van der Waals surface area contributed by atoms with Crippen molar-refractivity contribution >= 4 is 17.2 Å². The highest BCUT2D eigenvalue weighted by atomic mass is 32.1. The maximum Gasteiger partial charge on any atom is 0.239 e. The summed E-state index contributed by atoms with van der Waals surface area (Å²) in [5.41, 5.74) is 6.56. The minimum Gasteiger partial charge on any atom is -0.368 e. The molecule has 4 nitrogen and oxygen atoms in total. The Morgan fingerprint density at radius 2 is 2.12 bits per heavy atom. The second kappa shape index (κ2) is 7.92. The van der Waals surface area contributed by atoms with Gasteiger partial charge in [0.1, 0.15) is 6.04 Å². The number of nitrogens with two attached hydrogens (primary N) is 1. The number of primary amides is 1. The first-order valence-corrected chi connectivity index (χ1v) is 9.36. The molecule has 0 saturated carbocycles. The van der Waals surface area contributed by atoms with Gasteiger partial charge in [0, 0.05) is 17.5 Å². The van der Waals surface area contributed by atoms with Gasteiger partial charge < -0.3 is 11.1 Å². The molecule has 1 aliphatic heterocycles. The minimum atomic E-state index is -0.428. The van der Waals surface area contributed by atoms with E-state index >= 15 is 0 Å². The van der Waals surface area contributed by atoms with Crippen molar-refractivity contribution < 1.29 is 4.79 Å². The molecule has 1 fully saturated rings. The molecule has 1 amide bonds. The van der Waals surface area contributed by atoms with Gasteiger partial charge in [-0.2, -0.15) is 0 Å². The van der Waals surface area contributed by atoms with Crippen LogP contribution >= 0.6 is 11.3 Å². The quantitative estimate of drug-likeness (QED) is 0.848. The lowest BCUT2D eigenvalue weighted by Gasteiger charge is -2.39. The molecule has 0 unspecified atom stereocenters. The molecule has 3 N–H and O–H groups in total. The third-order valence-electron chi connectivity index (χ3n) is 4.84. The molecule has 0 spiro atoms. The van der Waals surface area contributed by atoms with Gasteiger partial charge in [0.15, 0.2) is 0 Å². The Hall–Kier alpha value is -1.69. The second-order valence-corrected chi connectivity index (χ2v) is 7.48. The number of nitrogens with one attached hydrogen (secondary N) is 1. The molecular weight excluding hydrogens is 318 g/mol. The van der Waals surface area contributed by atoms with E-state index in [9.17, 15) is 4.79 Å². The van der Waals surface area contributed by atoms with Crippen molar-refractivity contribution in [1.82, 2.24) is 10.2 Å². The van der Waals surface area contributed by atoms with Gasteiger partial charge in [-0.1, -0.05) is 36.4 Å². The monoisotopic (exact) mass is 343 g/mol. The molecule has 2 aromatic rings. The number of nitrogens with zero attached hydrogens (tertiary/aromatic N) is 1. The van der Waals surface area contributed by atoms with Crippen molar-refractivity contribution in [3.8, 4) is 0 Å². The lowest BCUT2D eigenvalue weighted by atomic mass is 9.88. The molecule has 0 bridgehead atoms. The van der Waals surface area contributed by atoms with E-state index in [-0.39, 0.29) is 5.91 Å². The van der Waals surface area contributed by atoms with E-state index in [4.69, 9.17) is 5.73 Å². The van der Waals surface area contributed by atoms with Gasteiger partial charge in [0.05, 0.1) is 0 Å². The molecule has 2 heterocycles. The zero-order chi connectivity index (χ0) is 16.9. The maximum atomic E-state index is 11.9. The molecule has 1 aromatic carbocycles. The summed E-state index contributed by atoms with van der Waals surface area (Å²) in [5.74, 6) is 0.158. The summed E-state index contributed by atoms with van der Waals surface area (Å²) in [6.07, 6.45) is 2.36. The van der Waals surface area contributed by atoms with E-state index in [1.54, 1.807) is 0 Å². The lowest BCUT2D eigenvalue weighted by molar-refractivity contribution is -0.120. The topological polar surface area (TPSA) is 58.4 Å². The van der Waals surface area contributed by atoms with Crippen LogP contribution in [0.3, 0.4) is 0 Å². The van der Waals surface area contributed by atoms with Crippen molar-refractivity contribution in [3.63, 3.8) is 0 Å². The van der Waals surface area contributed by atoms with Gasteiger partial charge in [-0.3, -0.25) is 9.69 Å². The summed E-state index contributed by atoms with van der Waals surface area (Å²) < 4.78 is 0. The summed E-state index contributed by atoms with van der Waals surface area (Å²) in [4.78, 5) is 15.7. The highest BCUT2D eigenvalue weighted by Gasteiger charge is 2.32. The SMILES string of the molecule is CN1CCC[C@H](CN[C@H](C(N)=O)c2ccccc2)[C@@H]1c1cccs1. The smallest absolute Gasteiger partial charge is 0.239 e. The molecule has 0 aliphatic carbocycles. The normalized spacial score (nSPS) is 23.0. The Kier molecular flexibility index (Phi) is 5.66.